The Balaban J connectivity index is 0.000000249. The Morgan fingerprint density at radius 3 is 2.20 bits per heavy atom. The molecule has 1 aliphatic heterocycles. The average Bonchev–Trinajstić information content (AvgIpc) is 2.98. The summed E-state index contributed by atoms with van der Waals surface area (Å²) in [6.45, 7) is 9.44. The molecule has 230 valence electrons. The Hall–Kier alpha value is -4.98. The Bertz CT molecular complexity index is 1800. The van der Waals surface area contributed by atoms with Gasteiger partial charge in [0.25, 0.3) is 0 Å². The molecule has 1 aromatic heterocycles. The fraction of sp³-hybridized carbons (Fsp3) is 0.278. The Morgan fingerprint density at radius 2 is 1.61 bits per heavy atom. The zero-order chi connectivity index (χ0) is 32.2. The van der Waals surface area contributed by atoms with E-state index in [1.165, 1.54) is 19.6 Å². The molecule has 0 atom stereocenters. The van der Waals surface area contributed by atoms with Gasteiger partial charge in [-0.05, 0) is 94.7 Å². The molecule has 0 amide bonds. The zero-order valence-corrected chi connectivity index (χ0v) is 26.4. The highest BCUT2D eigenvalue weighted by atomic mass is 16.5. The number of phenolic OH excluding ortho intramolecular Hbond substituents is 1. The van der Waals surface area contributed by atoms with Gasteiger partial charge in [-0.15, -0.1) is 0 Å². The summed E-state index contributed by atoms with van der Waals surface area (Å²) in [5.74, 6) is 2.46. The lowest BCUT2D eigenvalue weighted by molar-refractivity contribution is 0.101. The molecule has 0 aliphatic carbocycles. The smallest absolute Gasteiger partial charge is 0.347 e. The van der Waals surface area contributed by atoms with Crippen LogP contribution < -0.4 is 24.6 Å². The Labute approximate surface area is 257 Å². The van der Waals surface area contributed by atoms with E-state index in [0.29, 0.717) is 57.1 Å². The molecule has 8 heteroatoms. The van der Waals surface area contributed by atoms with Crippen LogP contribution in [0.1, 0.15) is 56.1 Å². The van der Waals surface area contributed by atoms with Crippen molar-refractivity contribution in [3.8, 4) is 39.9 Å². The van der Waals surface area contributed by atoms with Gasteiger partial charge >= 0.3 is 5.63 Å². The van der Waals surface area contributed by atoms with Crippen LogP contribution in [-0.4, -0.2) is 37.8 Å². The number of ether oxygens (including phenoxy) is 4. The van der Waals surface area contributed by atoms with Crippen molar-refractivity contribution < 1.29 is 33.3 Å². The minimum Gasteiger partial charge on any atom is -0.508 e. The molecule has 1 aliphatic rings. The van der Waals surface area contributed by atoms with E-state index in [0.717, 1.165) is 11.1 Å². The normalized spacial score (nSPS) is 12.7. The molecular weight excluding hydrogens is 560 g/mol. The van der Waals surface area contributed by atoms with E-state index in [9.17, 15) is 14.7 Å². The molecule has 44 heavy (non-hydrogen) atoms. The van der Waals surface area contributed by atoms with Gasteiger partial charge in [0, 0.05) is 11.6 Å². The van der Waals surface area contributed by atoms with E-state index in [-0.39, 0.29) is 11.5 Å². The Morgan fingerprint density at radius 1 is 0.932 bits per heavy atom. The summed E-state index contributed by atoms with van der Waals surface area (Å²) < 4.78 is 28.3. The van der Waals surface area contributed by atoms with Gasteiger partial charge in [0.05, 0.1) is 26.9 Å². The highest BCUT2D eigenvalue weighted by molar-refractivity contribution is 5.99. The summed E-state index contributed by atoms with van der Waals surface area (Å²) in [5.41, 5.74) is 3.74. The number of rotatable bonds is 7. The summed E-state index contributed by atoms with van der Waals surface area (Å²) >= 11 is 0. The second-order valence-electron chi connectivity index (χ2n) is 11.1. The van der Waals surface area contributed by atoms with Crippen molar-refractivity contribution in [2.75, 3.05) is 21.3 Å². The van der Waals surface area contributed by atoms with Crippen LogP contribution in [0.4, 0.5) is 0 Å². The molecular formula is C36H38O8. The number of methoxy groups -OCH3 is 3. The van der Waals surface area contributed by atoms with Crippen molar-refractivity contribution in [3.63, 3.8) is 0 Å². The van der Waals surface area contributed by atoms with Crippen molar-refractivity contribution in [2.24, 2.45) is 0 Å². The molecule has 0 spiro atoms. The van der Waals surface area contributed by atoms with E-state index < -0.39 is 11.2 Å². The van der Waals surface area contributed by atoms with E-state index >= 15 is 0 Å². The molecule has 3 aromatic carbocycles. The highest BCUT2D eigenvalue weighted by Crippen LogP contribution is 2.47. The van der Waals surface area contributed by atoms with Crippen LogP contribution in [0, 0.1) is 0 Å². The maximum atomic E-state index is 12.9. The minimum absolute atomic E-state index is 0.0217. The van der Waals surface area contributed by atoms with Crippen LogP contribution in [0.15, 0.2) is 75.5 Å². The molecule has 5 rings (SSSR count). The monoisotopic (exact) mass is 598 g/mol. The number of aromatic hydroxyl groups is 1. The first-order valence-electron chi connectivity index (χ1n) is 14.1. The van der Waals surface area contributed by atoms with Gasteiger partial charge in [0.15, 0.2) is 5.78 Å². The molecule has 0 unspecified atom stereocenters. The zero-order valence-electron chi connectivity index (χ0n) is 26.4. The largest absolute Gasteiger partial charge is 0.508 e. The maximum Gasteiger partial charge on any atom is 0.347 e. The third-order valence-electron chi connectivity index (χ3n) is 7.13. The number of allylic oxidation sites excluding steroid dienone is 2. The van der Waals surface area contributed by atoms with Crippen molar-refractivity contribution in [2.45, 2.75) is 46.6 Å². The van der Waals surface area contributed by atoms with Crippen LogP contribution in [0.5, 0.6) is 28.7 Å². The molecule has 1 N–H and O–H groups in total. The number of carbonyl (C=O) groups excluding carboxylic acids is 1. The van der Waals surface area contributed by atoms with Gasteiger partial charge in [-0.2, -0.15) is 0 Å². The van der Waals surface area contributed by atoms with Crippen molar-refractivity contribution in [1.82, 2.24) is 0 Å². The second-order valence-corrected chi connectivity index (χ2v) is 11.1. The number of Topliss-reactive ketones (excluding diaryl/α,β-unsaturated/α-hetero) is 1. The second kappa shape index (κ2) is 13.1. The molecule has 0 fully saturated rings. The van der Waals surface area contributed by atoms with Gasteiger partial charge < -0.3 is 28.5 Å². The highest BCUT2D eigenvalue weighted by Gasteiger charge is 2.29. The van der Waals surface area contributed by atoms with E-state index in [4.69, 9.17) is 23.4 Å². The third-order valence-corrected chi connectivity index (χ3v) is 7.13. The summed E-state index contributed by atoms with van der Waals surface area (Å²) in [6.07, 6.45) is 6.60. The molecule has 4 aromatic rings. The van der Waals surface area contributed by atoms with E-state index in [2.05, 4.69) is 0 Å². The van der Waals surface area contributed by atoms with E-state index in [1.54, 1.807) is 62.8 Å². The first-order valence-corrected chi connectivity index (χ1v) is 14.1. The summed E-state index contributed by atoms with van der Waals surface area (Å²) in [4.78, 5) is 24.0. The quantitative estimate of drug-likeness (QED) is 0.131. The maximum absolute atomic E-state index is 12.9. The van der Waals surface area contributed by atoms with Crippen molar-refractivity contribution in [3.05, 3.63) is 93.4 Å². The van der Waals surface area contributed by atoms with Crippen LogP contribution in [0.2, 0.25) is 0 Å². The lowest BCUT2D eigenvalue weighted by atomic mass is 9.98. The van der Waals surface area contributed by atoms with Crippen LogP contribution >= 0.6 is 0 Å². The number of benzene rings is 3. The SMILES string of the molecule is CC(=O)c1ccc(O)c(CC=C(C)C)c1.COc1ccc(-c2c(OC)c3c(OC)c4c(cc3oc2=O)OC(C)(C)C=C4)cc1. The summed E-state index contributed by atoms with van der Waals surface area (Å²) in [5, 5.41) is 10.2. The van der Waals surface area contributed by atoms with E-state index in [1.807, 2.05) is 45.9 Å². The molecule has 0 radical (unpaired) electrons. The molecule has 0 saturated heterocycles. The predicted octanol–water partition coefficient (Wildman–Crippen LogP) is 7.77. The fourth-order valence-electron chi connectivity index (χ4n) is 4.84. The minimum atomic E-state index is -0.507. The van der Waals surface area contributed by atoms with Gasteiger partial charge in [-0.25, -0.2) is 4.79 Å². The number of hydrogen-bond acceptors (Lipinski definition) is 8. The molecule has 0 saturated carbocycles. The molecule has 8 nitrogen and oxygen atoms in total. The fourth-order valence-corrected chi connectivity index (χ4v) is 4.84. The first kappa shape index (κ1) is 31.9. The van der Waals surface area contributed by atoms with Gasteiger partial charge in [-0.1, -0.05) is 23.8 Å². The summed E-state index contributed by atoms with van der Waals surface area (Å²) in [7, 11) is 4.68. The molecule has 0 bridgehead atoms. The standard InChI is InChI=1S/C23H22O6.C13H16O2/c1-23(2)11-10-15-16(29-23)12-17-19(20(15)26-4)21(27-5)18(22(24)28-17)13-6-8-14(25-3)9-7-13;1-9(2)4-5-12-8-11(10(3)14)6-7-13(12)15/h6-12H,1-5H3;4,6-8,15H,5H2,1-3H3. The third kappa shape index (κ3) is 6.80. The van der Waals surface area contributed by atoms with Crippen LogP contribution in [-0.2, 0) is 6.42 Å². The number of phenols is 1. The van der Waals surface area contributed by atoms with Gasteiger partial charge in [0.2, 0.25) is 0 Å². The first-order chi connectivity index (χ1) is 20.9. The predicted molar refractivity (Wildman–Crippen MR) is 173 cm³/mol. The lowest BCUT2D eigenvalue weighted by Crippen LogP contribution is -2.27. The van der Waals surface area contributed by atoms with Crippen LogP contribution in [0.25, 0.3) is 28.2 Å². The van der Waals surface area contributed by atoms with Crippen molar-refractivity contribution in [1.29, 1.82) is 0 Å². The number of carbonyl (C=O) groups is 1. The summed E-state index contributed by atoms with van der Waals surface area (Å²) in [6, 6.07) is 13.8. The Kier molecular flexibility index (Phi) is 9.53. The van der Waals surface area contributed by atoms with Crippen LogP contribution in [0.3, 0.4) is 0 Å². The number of hydrogen-bond donors (Lipinski definition) is 1. The van der Waals surface area contributed by atoms with Gasteiger partial charge in [0.1, 0.15) is 50.9 Å². The number of fused-ring (bicyclic) bond motifs is 2. The average molecular weight is 599 g/mol. The topological polar surface area (TPSA) is 104 Å². The van der Waals surface area contributed by atoms with Gasteiger partial charge in [-0.3, -0.25) is 4.79 Å². The van der Waals surface area contributed by atoms with Crippen molar-refractivity contribution >= 4 is 22.8 Å². The lowest BCUT2D eigenvalue weighted by Gasteiger charge is -2.29. The molecule has 2 heterocycles. The number of ketones is 1.